The van der Waals surface area contributed by atoms with Crippen LogP contribution in [0.4, 0.5) is 11.4 Å². The molecule has 0 fully saturated rings. The van der Waals surface area contributed by atoms with Crippen molar-refractivity contribution in [1.29, 1.82) is 0 Å². The number of aliphatic imine (C=N–C) groups is 1. The van der Waals surface area contributed by atoms with E-state index in [9.17, 15) is 9.90 Å². The van der Waals surface area contributed by atoms with Crippen LogP contribution in [0.25, 0.3) is 5.76 Å². The first-order chi connectivity index (χ1) is 15.2. The number of aliphatic hydroxyl groups excluding tert-OH is 1. The van der Waals surface area contributed by atoms with Gasteiger partial charge < -0.3 is 10.4 Å². The van der Waals surface area contributed by atoms with Crippen molar-refractivity contribution in [2.45, 2.75) is 41.5 Å². The van der Waals surface area contributed by atoms with Gasteiger partial charge >= 0.3 is 0 Å². The Bertz CT molecular complexity index is 1280. The molecule has 4 nitrogen and oxygen atoms in total. The van der Waals surface area contributed by atoms with Gasteiger partial charge in [-0.3, -0.25) is 4.79 Å². The molecule has 3 aromatic carbocycles. The summed E-state index contributed by atoms with van der Waals surface area (Å²) in [6, 6.07) is 15.7. The van der Waals surface area contributed by atoms with Crippen molar-refractivity contribution in [1.82, 2.24) is 0 Å². The van der Waals surface area contributed by atoms with Crippen LogP contribution in [0, 0.1) is 41.5 Å². The molecule has 3 aromatic rings. The molecular formula is C28H28N2O2. The number of amides is 1. The molecule has 0 atom stereocenters. The van der Waals surface area contributed by atoms with E-state index in [1.807, 2.05) is 71.0 Å². The molecule has 0 aromatic heterocycles. The minimum Gasteiger partial charge on any atom is -0.506 e. The van der Waals surface area contributed by atoms with Gasteiger partial charge in [0.2, 0.25) is 0 Å². The number of hydrogen-bond acceptors (Lipinski definition) is 3. The number of rotatable bonds is 3. The largest absolute Gasteiger partial charge is 0.506 e. The molecule has 0 spiro atoms. The zero-order chi connectivity index (χ0) is 23.2. The van der Waals surface area contributed by atoms with Gasteiger partial charge in [0.25, 0.3) is 5.91 Å². The minimum atomic E-state index is -0.366. The van der Waals surface area contributed by atoms with Gasteiger partial charge in [0.1, 0.15) is 11.3 Å². The summed E-state index contributed by atoms with van der Waals surface area (Å²) in [6.07, 6.45) is 0. The van der Waals surface area contributed by atoms with E-state index in [1.165, 1.54) is 0 Å². The van der Waals surface area contributed by atoms with E-state index in [2.05, 4.69) is 24.4 Å². The van der Waals surface area contributed by atoms with Gasteiger partial charge in [-0.1, -0.05) is 59.7 Å². The van der Waals surface area contributed by atoms with Gasteiger partial charge in [0.15, 0.2) is 0 Å². The van der Waals surface area contributed by atoms with Crippen LogP contribution in [-0.2, 0) is 4.79 Å². The maximum Gasteiger partial charge on any atom is 0.261 e. The summed E-state index contributed by atoms with van der Waals surface area (Å²) in [7, 11) is 0. The lowest BCUT2D eigenvalue weighted by Crippen LogP contribution is -2.21. The van der Waals surface area contributed by atoms with Crippen LogP contribution in [-0.4, -0.2) is 16.7 Å². The molecular weight excluding hydrogens is 396 g/mol. The fourth-order valence-electron chi connectivity index (χ4n) is 4.62. The topological polar surface area (TPSA) is 61.7 Å². The number of nitrogens with zero attached hydrogens (tertiary/aromatic N) is 1. The highest BCUT2D eigenvalue weighted by Gasteiger charge is 2.33. The van der Waals surface area contributed by atoms with Crippen LogP contribution in [0.2, 0.25) is 0 Å². The zero-order valence-electron chi connectivity index (χ0n) is 19.4. The first-order valence-corrected chi connectivity index (χ1v) is 10.8. The molecule has 4 rings (SSSR count). The van der Waals surface area contributed by atoms with Crippen molar-refractivity contribution < 1.29 is 9.90 Å². The maximum absolute atomic E-state index is 13.5. The summed E-state index contributed by atoms with van der Waals surface area (Å²) in [5.74, 6) is -0.406. The van der Waals surface area contributed by atoms with Crippen LogP contribution in [0.15, 0.2) is 59.1 Å². The lowest BCUT2D eigenvalue weighted by atomic mass is 10.0. The van der Waals surface area contributed by atoms with Crippen LogP contribution in [0.5, 0.6) is 0 Å². The number of aryl methyl sites for hydroxylation is 6. The number of nitrogens with one attached hydrogen (secondary N) is 1. The van der Waals surface area contributed by atoms with Gasteiger partial charge in [-0.25, -0.2) is 4.99 Å². The summed E-state index contributed by atoms with van der Waals surface area (Å²) in [5.41, 5.74) is 9.99. The number of carbonyl (C=O) groups excluding carboxylic acids is 1. The first kappa shape index (κ1) is 21.6. The average Bonchev–Trinajstić information content (AvgIpc) is 2.99. The third-order valence-electron chi connectivity index (χ3n) is 5.91. The Morgan fingerprint density at radius 2 is 1.28 bits per heavy atom. The fourth-order valence-corrected chi connectivity index (χ4v) is 4.62. The number of carbonyl (C=O) groups is 1. The minimum absolute atomic E-state index is 0.0401. The van der Waals surface area contributed by atoms with E-state index < -0.39 is 0 Å². The molecule has 0 unspecified atom stereocenters. The maximum atomic E-state index is 13.5. The van der Waals surface area contributed by atoms with Crippen LogP contribution in [0.3, 0.4) is 0 Å². The second kappa shape index (κ2) is 8.12. The second-order valence-corrected chi connectivity index (χ2v) is 8.70. The van der Waals surface area contributed by atoms with Crippen molar-refractivity contribution in [3.8, 4) is 0 Å². The van der Waals surface area contributed by atoms with Crippen molar-refractivity contribution in [3.05, 3.63) is 98.6 Å². The molecule has 32 heavy (non-hydrogen) atoms. The molecule has 162 valence electrons. The molecule has 0 radical (unpaired) electrons. The highest BCUT2D eigenvalue weighted by atomic mass is 16.3. The van der Waals surface area contributed by atoms with E-state index in [0.717, 1.165) is 50.3 Å². The van der Waals surface area contributed by atoms with Crippen molar-refractivity contribution in [3.63, 3.8) is 0 Å². The molecule has 1 aliphatic rings. The predicted molar refractivity (Wildman–Crippen MR) is 132 cm³/mol. The summed E-state index contributed by atoms with van der Waals surface area (Å²) in [5, 5.41) is 14.1. The number of benzene rings is 3. The normalized spacial score (nSPS) is 14.1. The third-order valence-corrected chi connectivity index (χ3v) is 5.91. The zero-order valence-corrected chi connectivity index (χ0v) is 19.4. The summed E-state index contributed by atoms with van der Waals surface area (Å²) >= 11 is 0. The Morgan fingerprint density at radius 3 is 1.84 bits per heavy atom. The van der Waals surface area contributed by atoms with Gasteiger partial charge in [-0.15, -0.1) is 0 Å². The number of aliphatic hydroxyl groups is 1. The molecule has 4 heteroatoms. The summed E-state index contributed by atoms with van der Waals surface area (Å²) < 4.78 is 0. The van der Waals surface area contributed by atoms with Crippen molar-refractivity contribution in [2.24, 2.45) is 4.99 Å². The summed E-state index contributed by atoms with van der Waals surface area (Å²) in [6.45, 7) is 12.1. The Hall–Kier alpha value is -3.66. The molecule has 0 heterocycles. The fraction of sp³-hybridized carbons (Fsp3) is 0.214. The second-order valence-electron chi connectivity index (χ2n) is 8.70. The van der Waals surface area contributed by atoms with Gasteiger partial charge in [-0.2, -0.15) is 0 Å². The molecule has 0 aliphatic heterocycles. The van der Waals surface area contributed by atoms with Gasteiger partial charge in [0.05, 0.1) is 11.4 Å². The highest BCUT2D eigenvalue weighted by Crippen LogP contribution is 2.36. The van der Waals surface area contributed by atoms with Gasteiger partial charge in [0, 0.05) is 16.8 Å². The van der Waals surface area contributed by atoms with Crippen LogP contribution < -0.4 is 5.32 Å². The van der Waals surface area contributed by atoms with E-state index in [-0.39, 0.29) is 17.2 Å². The number of hydrogen-bond donors (Lipinski definition) is 2. The van der Waals surface area contributed by atoms with Crippen LogP contribution >= 0.6 is 0 Å². The van der Waals surface area contributed by atoms with Crippen molar-refractivity contribution in [2.75, 3.05) is 5.32 Å². The summed E-state index contributed by atoms with van der Waals surface area (Å²) in [4.78, 5) is 18.4. The Kier molecular flexibility index (Phi) is 5.47. The quantitative estimate of drug-likeness (QED) is 0.499. The average molecular weight is 425 g/mol. The first-order valence-electron chi connectivity index (χ1n) is 10.8. The lowest BCUT2D eigenvalue weighted by Gasteiger charge is -2.15. The Labute approximate surface area is 189 Å². The monoisotopic (exact) mass is 424 g/mol. The smallest absolute Gasteiger partial charge is 0.261 e. The predicted octanol–water partition coefficient (Wildman–Crippen LogP) is 6.58. The van der Waals surface area contributed by atoms with Crippen molar-refractivity contribution >= 4 is 28.8 Å². The molecule has 1 aliphatic carbocycles. The van der Waals surface area contributed by atoms with E-state index >= 15 is 0 Å². The Morgan fingerprint density at radius 1 is 0.781 bits per heavy atom. The molecule has 2 N–H and O–H groups in total. The number of fused-ring (bicyclic) bond motifs is 1. The highest BCUT2D eigenvalue weighted by molar-refractivity contribution is 6.38. The molecule has 0 bridgehead atoms. The third kappa shape index (κ3) is 3.73. The van der Waals surface area contributed by atoms with Gasteiger partial charge in [-0.05, 0) is 63.8 Å². The van der Waals surface area contributed by atoms with E-state index in [1.54, 1.807) is 0 Å². The SMILES string of the molecule is Cc1cc(C)c(N=C2C(C(=O)Nc3c(C)cc(C)cc3C)=C(O)c3ccccc32)c(C)c1. The number of anilines is 1. The lowest BCUT2D eigenvalue weighted by molar-refractivity contribution is -0.112. The molecule has 1 amide bonds. The Balaban J connectivity index is 1.85. The van der Waals surface area contributed by atoms with Crippen LogP contribution in [0.1, 0.15) is 44.5 Å². The van der Waals surface area contributed by atoms with E-state index in [4.69, 9.17) is 4.99 Å². The molecule has 0 saturated heterocycles. The van der Waals surface area contributed by atoms with E-state index in [0.29, 0.717) is 11.3 Å². The standard InChI is InChI=1S/C28H28N2O2/c1-15-11-17(3)24(18(4)12-15)29-26-21-9-7-8-10-22(21)27(31)23(26)28(32)30-25-19(5)13-16(2)14-20(25)6/h7-14,31H,1-6H3,(H,30,32). The molecule has 0 saturated carbocycles.